The van der Waals surface area contributed by atoms with E-state index in [0.717, 1.165) is 45.6 Å². The SMILES string of the molecule is O=C(CCCn1cncn1)N1C[C@@H]2CC[C@H]1CN(Cc1cccnc1)C2. The third-order valence-corrected chi connectivity index (χ3v) is 5.48. The minimum absolute atomic E-state index is 0.294. The van der Waals surface area contributed by atoms with Crippen molar-refractivity contribution < 1.29 is 4.79 Å². The van der Waals surface area contributed by atoms with Gasteiger partial charge < -0.3 is 4.90 Å². The lowest BCUT2D eigenvalue weighted by atomic mass is 9.94. The number of hydrogen-bond donors (Lipinski definition) is 0. The van der Waals surface area contributed by atoms with Gasteiger partial charge >= 0.3 is 0 Å². The summed E-state index contributed by atoms with van der Waals surface area (Å²) in [6.45, 7) is 4.64. The van der Waals surface area contributed by atoms with Crippen LogP contribution in [-0.2, 0) is 17.9 Å². The van der Waals surface area contributed by atoms with Crippen molar-refractivity contribution in [3.05, 3.63) is 42.7 Å². The third kappa shape index (κ3) is 4.09. The molecule has 1 amide bonds. The van der Waals surface area contributed by atoms with Gasteiger partial charge in [0.2, 0.25) is 5.91 Å². The number of carbonyl (C=O) groups is 1. The molecule has 2 atom stereocenters. The zero-order chi connectivity index (χ0) is 17.8. The standard InChI is InChI=1S/C19H26N6O/c26-19(4-2-8-24-15-21-14-22-24)25-12-17-5-6-18(25)13-23(11-17)10-16-3-1-7-20-9-16/h1,3,7,9,14-15,17-18H,2,4-6,8,10-13H2/t17-,18+/m1/s1. The number of hydrogen-bond acceptors (Lipinski definition) is 5. The Kier molecular flexibility index (Phi) is 5.24. The molecule has 0 aromatic carbocycles. The summed E-state index contributed by atoms with van der Waals surface area (Å²) in [6, 6.07) is 4.48. The van der Waals surface area contributed by atoms with Gasteiger partial charge in [-0.25, -0.2) is 4.98 Å². The highest BCUT2D eigenvalue weighted by molar-refractivity contribution is 5.76. The largest absolute Gasteiger partial charge is 0.338 e. The second kappa shape index (κ2) is 7.95. The molecule has 3 aliphatic rings. The number of fused-ring (bicyclic) bond motifs is 4. The number of piperidine rings is 1. The molecule has 7 heteroatoms. The van der Waals surface area contributed by atoms with Gasteiger partial charge in [0.15, 0.2) is 0 Å². The fourth-order valence-corrected chi connectivity index (χ4v) is 4.25. The number of amides is 1. The lowest BCUT2D eigenvalue weighted by Gasteiger charge is -2.36. The van der Waals surface area contributed by atoms with Crippen molar-refractivity contribution in [2.75, 3.05) is 19.6 Å². The summed E-state index contributed by atoms with van der Waals surface area (Å²) in [4.78, 5) is 25.6. The average molecular weight is 354 g/mol. The molecule has 5 rings (SSSR count). The molecule has 0 radical (unpaired) electrons. The van der Waals surface area contributed by atoms with E-state index in [1.807, 2.05) is 18.5 Å². The lowest BCUT2D eigenvalue weighted by Crippen LogP contribution is -2.47. The van der Waals surface area contributed by atoms with Gasteiger partial charge in [0.1, 0.15) is 12.7 Å². The van der Waals surface area contributed by atoms with Crippen LogP contribution in [0.5, 0.6) is 0 Å². The van der Waals surface area contributed by atoms with Crippen molar-refractivity contribution in [1.82, 2.24) is 29.5 Å². The van der Waals surface area contributed by atoms with Crippen molar-refractivity contribution in [1.29, 1.82) is 0 Å². The highest BCUT2D eigenvalue weighted by atomic mass is 16.2. The van der Waals surface area contributed by atoms with Crippen LogP contribution in [0.3, 0.4) is 0 Å². The second-order valence-corrected chi connectivity index (χ2v) is 7.46. The van der Waals surface area contributed by atoms with Gasteiger partial charge in [0, 0.05) is 57.6 Å². The van der Waals surface area contributed by atoms with Gasteiger partial charge in [0.05, 0.1) is 0 Å². The quantitative estimate of drug-likeness (QED) is 0.788. The van der Waals surface area contributed by atoms with E-state index in [-0.39, 0.29) is 0 Å². The summed E-state index contributed by atoms with van der Waals surface area (Å²) in [5.41, 5.74) is 1.25. The summed E-state index contributed by atoms with van der Waals surface area (Å²) in [7, 11) is 0. The molecule has 0 aliphatic carbocycles. The first-order valence-electron chi connectivity index (χ1n) is 9.51. The van der Waals surface area contributed by atoms with Crippen LogP contribution in [0.2, 0.25) is 0 Å². The van der Waals surface area contributed by atoms with Gasteiger partial charge in [-0.05, 0) is 36.8 Å². The molecule has 2 aromatic heterocycles. The highest BCUT2D eigenvalue weighted by Crippen LogP contribution is 2.29. The molecule has 138 valence electrons. The van der Waals surface area contributed by atoms with Crippen LogP contribution in [0.15, 0.2) is 37.2 Å². The van der Waals surface area contributed by atoms with E-state index in [9.17, 15) is 4.79 Å². The van der Waals surface area contributed by atoms with Crippen molar-refractivity contribution in [3.8, 4) is 0 Å². The number of aryl methyl sites for hydroxylation is 1. The molecule has 5 heterocycles. The fraction of sp³-hybridized carbons (Fsp3) is 0.579. The van der Waals surface area contributed by atoms with E-state index in [0.29, 0.717) is 24.3 Å². The minimum Gasteiger partial charge on any atom is -0.338 e. The Bertz CT molecular complexity index is 704. The normalized spacial score (nSPS) is 23.2. The summed E-state index contributed by atoms with van der Waals surface area (Å²) in [6.07, 6.45) is 10.8. The Morgan fingerprint density at radius 2 is 2.15 bits per heavy atom. The molecule has 0 spiro atoms. The summed E-state index contributed by atoms with van der Waals surface area (Å²) >= 11 is 0. The Morgan fingerprint density at radius 1 is 1.19 bits per heavy atom. The first-order valence-corrected chi connectivity index (χ1v) is 9.51. The van der Waals surface area contributed by atoms with Gasteiger partial charge in [-0.1, -0.05) is 6.07 Å². The van der Waals surface area contributed by atoms with E-state index in [1.54, 1.807) is 11.0 Å². The van der Waals surface area contributed by atoms with Crippen LogP contribution < -0.4 is 0 Å². The van der Waals surface area contributed by atoms with Crippen molar-refractivity contribution in [2.45, 2.75) is 44.8 Å². The topological polar surface area (TPSA) is 67.2 Å². The maximum Gasteiger partial charge on any atom is 0.222 e. The van der Waals surface area contributed by atoms with Crippen LogP contribution in [-0.4, -0.2) is 61.1 Å². The predicted molar refractivity (Wildman–Crippen MR) is 97.0 cm³/mol. The molecule has 7 nitrogen and oxygen atoms in total. The van der Waals surface area contributed by atoms with E-state index >= 15 is 0 Å². The highest BCUT2D eigenvalue weighted by Gasteiger charge is 2.36. The lowest BCUT2D eigenvalue weighted by molar-refractivity contribution is -0.135. The van der Waals surface area contributed by atoms with Crippen LogP contribution in [0.25, 0.3) is 0 Å². The van der Waals surface area contributed by atoms with E-state index in [2.05, 4.69) is 30.9 Å². The predicted octanol–water partition coefficient (Wildman–Crippen LogP) is 1.58. The summed E-state index contributed by atoms with van der Waals surface area (Å²) in [5.74, 6) is 0.882. The van der Waals surface area contributed by atoms with Gasteiger partial charge in [0.25, 0.3) is 0 Å². The molecule has 3 fully saturated rings. The Hall–Kier alpha value is -2.28. The zero-order valence-electron chi connectivity index (χ0n) is 15.1. The maximum absolute atomic E-state index is 12.8. The van der Waals surface area contributed by atoms with Crippen molar-refractivity contribution in [3.63, 3.8) is 0 Å². The smallest absolute Gasteiger partial charge is 0.222 e. The van der Waals surface area contributed by atoms with E-state index in [4.69, 9.17) is 0 Å². The van der Waals surface area contributed by atoms with E-state index in [1.165, 1.54) is 18.3 Å². The maximum atomic E-state index is 12.8. The van der Waals surface area contributed by atoms with Crippen molar-refractivity contribution >= 4 is 5.91 Å². The molecule has 3 saturated heterocycles. The van der Waals surface area contributed by atoms with Crippen LogP contribution >= 0.6 is 0 Å². The van der Waals surface area contributed by atoms with Crippen LogP contribution in [0, 0.1) is 5.92 Å². The Balaban J connectivity index is 1.33. The number of pyridine rings is 1. The third-order valence-electron chi connectivity index (χ3n) is 5.48. The zero-order valence-corrected chi connectivity index (χ0v) is 15.1. The molecule has 2 aromatic rings. The first-order chi connectivity index (χ1) is 12.8. The van der Waals surface area contributed by atoms with Crippen LogP contribution in [0.4, 0.5) is 0 Å². The first kappa shape index (κ1) is 17.1. The average Bonchev–Trinajstić information content (AvgIpc) is 3.02. The molecule has 3 aliphatic heterocycles. The minimum atomic E-state index is 0.294. The number of nitrogens with zero attached hydrogens (tertiary/aromatic N) is 6. The number of rotatable bonds is 6. The van der Waals surface area contributed by atoms with Gasteiger partial charge in [-0.3, -0.25) is 19.4 Å². The molecule has 26 heavy (non-hydrogen) atoms. The van der Waals surface area contributed by atoms with Crippen LogP contribution in [0.1, 0.15) is 31.2 Å². The van der Waals surface area contributed by atoms with Gasteiger partial charge in [-0.2, -0.15) is 5.10 Å². The Labute approximate surface area is 154 Å². The van der Waals surface area contributed by atoms with Crippen molar-refractivity contribution in [2.24, 2.45) is 5.92 Å². The molecular formula is C19H26N6O. The molecule has 0 saturated carbocycles. The Morgan fingerprint density at radius 3 is 2.96 bits per heavy atom. The second-order valence-electron chi connectivity index (χ2n) is 7.46. The van der Waals surface area contributed by atoms with Gasteiger partial charge in [-0.15, -0.1) is 0 Å². The summed E-state index contributed by atoms with van der Waals surface area (Å²) in [5, 5.41) is 4.10. The monoisotopic (exact) mass is 354 g/mol. The fourth-order valence-electron chi connectivity index (χ4n) is 4.25. The summed E-state index contributed by atoms with van der Waals surface area (Å²) < 4.78 is 1.79. The van der Waals surface area contributed by atoms with E-state index < -0.39 is 0 Å². The molecular weight excluding hydrogens is 328 g/mol. The molecule has 0 N–H and O–H groups in total. The number of carbonyl (C=O) groups excluding carboxylic acids is 1. The molecule has 2 bridgehead atoms. The number of aromatic nitrogens is 4. The molecule has 0 unspecified atom stereocenters.